The molecule has 24 heavy (non-hydrogen) atoms. The van der Waals surface area contributed by atoms with Crippen molar-refractivity contribution < 1.29 is 18.3 Å². The van der Waals surface area contributed by atoms with Gasteiger partial charge in [-0.1, -0.05) is 6.07 Å². The Morgan fingerprint density at radius 1 is 1.33 bits per heavy atom. The van der Waals surface area contributed by atoms with Crippen molar-refractivity contribution in [3.63, 3.8) is 0 Å². The third-order valence-corrected chi connectivity index (χ3v) is 4.21. The van der Waals surface area contributed by atoms with E-state index in [0.717, 1.165) is 4.57 Å². The van der Waals surface area contributed by atoms with Crippen molar-refractivity contribution >= 4 is 28.4 Å². The average molecular weight is 447 g/mol. The largest absolute Gasteiger partial charge is 0.374 e. The summed E-state index contributed by atoms with van der Waals surface area (Å²) < 4.78 is 35.3. The van der Waals surface area contributed by atoms with E-state index in [9.17, 15) is 18.4 Å². The first-order chi connectivity index (χ1) is 11.3. The summed E-state index contributed by atoms with van der Waals surface area (Å²) in [5, 5.41) is 0. The minimum absolute atomic E-state index is 0.0287. The van der Waals surface area contributed by atoms with Crippen molar-refractivity contribution in [1.29, 1.82) is 0 Å². The molecule has 7 heteroatoms. The normalized spacial score (nSPS) is 10.9. The zero-order chi connectivity index (χ0) is 17.9. The highest BCUT2D eigenvalue weighted by Gasteiger charge is 2.21. The Kier molecular flexibility index (Phi) is 6.22. The number of rotatable bonds is 6. The molecule has 1 heterocycles. The molecule has 2 rings (SSSR count). The Balaban J connectivity index is 2.52. The first kappa shape index (κ1) is 18.7. The summed E-state index contributed by atoms with van der Waals surface area (Å²) >= 11 is 1.96. The zero-order valence-corrected chi connectivity index (χ0v) is 15.4. The molecule has 0 aliphatic rings. The van der Waals surface area contributed by atoms with Gasteiger partial charge < -0.3 is 9.30 Å². The molecule has 0 unspecified atom stereocenters. The average Bonchev–Trinajstić information content (AvgIpc) is 2.54. The van der Waals surface area contributed by atoms with Crippen LogP contribution in [0, 0.1) is 15.2 Å². The number of Topliss-reactive ketones (excluding diaryl/α,β-unsaturated/α-hetero) is 1. The van der Waals surface area contributed by atoms with E-state index in [1.54, 1.807) is 13.0 Å². The number of carbonyl (C=O) groups excluding carboxylic acids is 1. The van der Waals surface area contributed by atoms with Gasteiger partial charge in [0.25, 0.3) is 5.56 Å². The molecule has 0 bridgehead atoms. The monoisotopic (exact) mass is 447 g/mol. The van der Waals surface area contributed by atoms with Gasteiger partial charge in [0.2, 0.25) is 0 Å². The van der Waals surface area contributed by atoms with Crippen LogP contribution in [0.2, 0.25) is 0 Å². The minimum atomic E-state index is -1.04. The fourth-order valence-electron chi connectivity index (χ4n) is 2.27. The van der Waals surface area contributed by atoms with Crippen LogP contribution in [0.25, 0.3) is 0 Å². The van der Waals surface area contributed by atoms with Crippen molar-refractivity contribution in [2.24, 2.45) is 7.05 Å². The molecule has 2 aromatic rings. The summed E-state index contributed by atoms with van der Waals surface area (Å²) in [6, 6.07) is 4.51. The van der Waals surface area contributed by atoms with E-state index in [4.69, 9.17) is 4.74 Å². The number of hydrogen-bond acceptors (Lipinski definition) is 3. The highest BCUT2D eigenvalue weighted by molar-refractivity contribution is 14.1. The molecular formula is C17H16F2INO3. The maximum absolute atomic E-state index is 14.5. The standard InChI is InChI=1S/C17H16F2INO3/c1-3-24-9-15(22)13-8-21(2)17(23)16(19)12(13)6-10-4-5-11(20)7-14(10)18/h4-5,7-8H,3,6,9H2,1-2H3. The molecule has 0 radical (unpaired) electrons. The lowest BCUT2D eigenvalue weighted by molar-refractivity contribution is 0.0781. The van der Waals surface area contributed by atoms with Gasteiger partial charge in [-0.2, -0.15) is 0 Å². The summed E-state index contributed by atoms with van der Waals surface area (Å²) in [6.45, 7) is 1.84. The van der Waals surface area contributed by atoms with Crippen molar-refractivity contribution in [3.05, 3.63) is 66.6 Å². The molecule has 0 atom stereocenters. The molecule has 1 aromatic heterocycles. The molecular weight excluding hydrogens is 431 g/mol. The van der Waals surface area contributed by atoms with E-state index in [-0.39, 0.29) is 29.7 Å². The molecule has 0 saturated heterocycles. The molecule has 0 aliphatic carbocycles. The Labute approximate surface area is 151 Å². The van der Waals surface area contributed by atoms with Gasteiger partial charge in [-0.15, -0.1) is 0 Å². The van der Waals surface area contributed by atoms with Gasteiger partial charge in [0.05, 0.1) is 0 Å². The predicted molar refractivity (Wildman–Crippen MR) is 94.4 cm³/mol. The maximum atomic E-state index is 14.5. The number of pyridine rings is 1. The summed E-state index contributed by atoms with van der Waals surface area (Å²) in [7, 11) is 1.36. The van der Waals surface area contributed by atoms with E-state index in [1.807, 2.05) is 22.6 Å². The van der Waals surface area contributed by atoms with Crippen LogP contribution in [-0.2, 0) is 18.2 Å². The molecule has 128 valence electrons. The van der Waals surface area contributed by atoms with Crippen molar-refractivity contribution in [2.45, 2.75) is 13.3 Å². The maximum Gasteiger partial charge on any atom is 0.286 e. The number of carbonyl (C=O) groups is 1. The lowest BCUT2D eigenvalue weighted by Gasteiger charge is -2.12. The summed E-state index contributed by atoms with van der Waals surface area (Å²) in [5.41, 5.74) is -0.721. The van der Waals surface area contributed by atoms with E-state index in [2.05, 4.69) is 0 Å². The molecule has 0 saturated carbocycles. The molecule has 0 N–H and O–H groups in total. The van der Waals surface area contributed by atoms with Crippen LogP contribution >= 0.6 is 22.6 Å². The Bertz CT molecular complexity index is 833. The van der Waals surface area contributed by atoms with Crippen LogP contribution in [-0.4, -0.2) is 23.6 Å². The van der Waals surface area contributed by atoms with Crippen LogP contribution in [0.3, 0.4) is 0 Å². The van der Waals surface area contributed by atoms with Gasteiger partial charge in [-0.25, -0.2) is 8.78 Å². The van der Waals surface area contributed by atoms with Crippen molar-refractivity contribution in [1.82, 2.24) is 4.57 Å². The number of benzene rings is 1. The first-order valence-corrected chi connectivity index (χ1v) is 8.35. The van der Waals surface area contributed by atoms with Crippen LogP contribution in [0.5, 0.6) is 0 Å². The van der Waals surface area contributed by atoms with Crippen LogP contribution in [0.1, 0.15) is 28.4 Å². The summed E-state index contributed by atoms with van der Waals surface area (Å²) in [4.78, 5) is 24.1. The molecule has 0 amide bonds. The highest BCUT2D eigenvalue weighted by Crippen LogP contribution is 2.20. The van der Waals surface area contributed by atoms with E-state index >= 15 is 0 Å². The minimum Gasteiger partial charge on any atom is -0.374 e. The van der Waals surface area contributed by atoms with Crippen molar-refractivity contribution in [2.75, 3.05) is 13.2 Å². The first-order valence-electron chi connectivity index (χ1n) is 7.28. The number of halogens is 3. The predicted octanol–water partition coefficient (Wildman–Crippen LogP) is 3.08. The second-order valence-electron chi connectivity index (χ2n) is 5.22. The van der Waals surface area contributed by atoms with Crippen molar-refractivity contribution in [3.8, 4) is 0 Å². The second kappa shape index (κ2) is 7.98. The van der Waals surface area contributed by atoms with Gasteiger partial charge in [-0.05, 0) is 47.2 Å². The lowest BCUT2D eigenvalue weighted by atomic mass is 9.98. The fourth-order valence-corrected chi connectivity index (χ4v) is 2.73. The van der Waals surface area contributed by atoms with Crippen LogP contribution in [0.4, 0.5) is 8.78 Å². The summed E-state index contributed by atoms with van der Waals surface area (Å²) in [6.07, 6.45) is 1.09. The fraction of sp³-hybridized carbons (Fsp3) is 0.294. The van der Waals surface area contributed by atoms with Crippen LogP contribution in [0.15, 0.2) is 29.2 Å². The quantitative estimate of drug-likeness (QED) is 0.506. The number of aromatic nitrogens is 1. The molecule has 0 spiro atoms. The Morgan fingerprint density at radius 3 is 2.67 bits per heavy atom. The van der Waals surface area contributed by atoms with Gasteiger partial charge in [0.1, 0.15) is 12.4 Å². The third kappa shape index (κ3) is 4.07. The number of nitrogens with zero attached hydrogens (tertiary/aromatic N) is 1. The number of ketones is 1. The van der Waals surface area contributed by atoms with Crippen LogP contribution < -0.4 is 5.56 Å². The highest BCUT2D eigenvalue weighted by atomic mass is 127. The number of aryl methyl sites for hydroxylation is 1. The number of hydrogen-bond donors (Lipinski definition) is 0. The van der Waals surface area contributed by atoms with Gasteiger partial charge in [0, 0.05) is 41.0 Å². The van der Waals surface area contributed by atoms with Gasteiger partial charge in [0.15, 0.2) is 11.6 Å². The zero-order valence-electron chi connectivity index (χ0n) is 13.2. The summed E-state index contributed by atoms with van der Waals surface area (Å²) in [5.74, 6) is -2.00. The molecule has 0 fully saturated rings. The van der Waals surface area contributed by atoms with E-state index in [0.29, 0.717) is 10.2 Å². The SMILES string of the molecule is CCOCC(=O)c1cn(C)c(=O)c(F)c1Cc1ccc(I)cc1F. The topological polar surface area (TPSA) is 48.3 Å². The van der Waals surface area contributed by atoms with E-state index in [1.165, 1.54) is 25.4 Å². The lowest BCUT2D eigenvalue weighted by Crippen LogP contribution is -2.26. The molecule has 0 aliphatic heterocycles. The second-order valence-corrected chi connectivity index (χ2v) is 6.47. The number of ether oxygens (including phenoxy) is 1. The molecule has 1 aromatic carbocycles. The third-order valence-electron chi connectivity index (χ3n) is 3.54. The van der Waals surface area contributed by atoms with Gasteiger partial charge >= 0.3 is 0 Å². The Hall–Kier alpha value is -1.61. The van der Waals surface area contributed by atoms with Gasteiger partial charge in [-0.3, -0.25) is 9.59 Å². The molecule has 4 nitrogen and oxygen atoms in total. The smallest absolute Gasteiger partial charge is 0.286 e. The van der Waals surface area contributed by atoms with E-state index < -0.39 is 23.0 Å². The Morgan fingerprint density at radius 2 is 2.04 bits per heavy atom.